The predicted molar refractivity (Wildman–Crippen MR) is 118 cm³/mol. The molecule has 1 nitrogen and oxygen atoms in total. The third kappa shape index (κ3) is 2.86. The molecule has 138 valence electrons. The first-order valence-electron chi connectivity index (χ1n) is 9.82. The first kappa shape index (κ1) is 17.9. The Balaban J connectivity index is 2.26. The van der Waals surface area contributed by atoms with Crippen molar-refractivity contribution in [2.24, 2.45) is 0 Å². The molecular weight excluding hydrogens is 326 g/mol. The molecule has 1 heterocycles. The minimum Gasteiger partial charge on any atom is -0.309 e. The molecule has 0 fully saturated rings. The van der Waals surface area contributed by atoms with Gasteiger partial charge in [0.15, 0.2) is 0 Å². The fourth-order valence-electron chi connectivity index (χ4n) is 4.32. The molecule has 0 N–H and O–H groups in total. The van der Waals surface area contributed by atoms with Gasteiger partial charge in [-0.25, -0.2) is 0 Å². The number of nitrogens with zero attached hydrogens (tertiary/aromatic N) is 1. The van der Waals surface area contributed by atoms with E-state index in [0.29, 0.717) is 0 Å². The second-order valence-electron chi connectivity index (χ2n) is 9.57. The fraction of sp³-hybridized carbons (Fsp3) is 0.308. The predicted octanol–water partition coefficient (Wildman–Crippen LogP) is 7.38. The zero-order valence-corrected chi connectivity index (χ0v) is 17.3. The van der Waals surface area contributed by atoms with Crippen LogP contribution in [0.4, 0.5) is 0 Å². The Labute approximate surface area is 162 Å². The molecule has 4 aromatic rings. The topological polar surface area (TPSA) is 4.93 Å². The van der Waals surface area contributed by atoms with Gasteiger partial charge in [0.2, 0.25) is 0 Å². The zero-order valence-electron chi connectivity index (χ0n) is 17.3. The summed E-state index contributed by atoms with van der Waals surface area (Å²) in [6, 6.07) is 24.2. The van der Waals surface area contributed by atoms with E-state index in [0.717, 1.165) is 0 Å². The van der Waals surface area contributed by atoms with E-state index in [2.05, 4.69) is 113 Å². The Hall–Kier alpha value is -2.54. The summed E-state index contributed by atoms with van der Waals surface area (Å²) in [4.78, 5) is 0. The average molecular weight is 356 g/mol. The van der Waals surface area contributed by atoms with Crippen LogP contribution in [-0.2, 0) is 10.8 Å². The molecule has 1 heteroatoms. The summed E-state index contributed by atoms with van der Waals surface area (Å²) in [5, 5.41) is 2.74. The summed E-state index contributed by atoms with van der Waals surface area (Å²) in [6.07, 6.45) is 0. The summed E-state index contributed by atoms with van der Waals surface area (Å²) in [5.41, 5.74) is 6.86. The lowest BCUT2D eigenvalue weighted by molar-refractivity contribution is 0.535. The average Bonchev–Trinajstić information content (AvgIpc) is 2.94. The van der Waals surface area contributed by atoms with E-state index in [9.17, 15) is 0 Å². The Kier molecular flexibility index (Phi) is 3.96. The summed E-state index contributed by atoms with van der Waals surface area (Å²) in [6.45, 7) is 14.0. The van der Waals surface area contributed by atoms with Gasteiger partial charge in [-0.3, -0.25) is 0 Å². The third-order valence-electron chi connectivity index (χ3n) is 5.41. The molecule has 0 aliphatic carbocycles. The molecular formula is C26H29N. The quantitative estimate of drug-likeness (QED) is 0.336. The van der Waals surface area contributed by atoms with Crippen LogP contribution < -0.4 is 0 Å². The normalized spacial score (nSPS) is 12.8. The summed E-state index contributed by atoms with van der Waals surface area (Å²) in [5.74, 6) is 0. The zero-order chi connectivity index (χ0) is 19.4. The minimum atomic E-state index is 0.0633. The highest BCUT2D eigenvalue weighted by Crippen LogP contribution is 2.43. The maximum absolute atomic E-state index is 2.41. The van der Waals surface area contributed by atoms with Gasteiger partial charge in [0.25, 0.3) is 0 Å². The van der Waals surface area contributed by atoms with E-state index >= 15 is 0 Å². The van der Waals surface area contributed by atoms with Gasteiger partial charge in [0.1, 0.15) is 0 Å². The number of aromatic nitrogens is 1. The smallest absolute Gasteiger partial charge is 0.0544 e. The van der Waals surface area contributed by atoms with Crippen molar-refractivity contribution >= 4 is 21.8 Å². The van der Waals surface area contributed by atoms with E-state index in [4.69, 9.17) is 0 Å². The molecule has 1 aromatic heterocycles. The lowest BCUT2D eigenvalue weighted by Gasteiger charge is -2.31. The van der Waals surface area contributed by atoms with Gasteiger partial charge < -0.3 is 4.57 Å². The van der Waals surface area contributed by atoms with Crippen LogP contribution in [0.2, 0.25) is 0 Å². The van der Waals surface area contributed by atoms with Crippen LogP contribution in [0.25, 0.3) is 27.5 Å². The van der Waals surface area contributed by atoms with Gasteiger partial charge in [-0.15, -0.1) is 0 Å². The summed E-state index contributed by atoms with van der Waals surface area (Å²) in [7, 11) is 0. The van der Waals surface area contributed by atoms with Gasteiger partial charge in [-0.2, -0.15) is 0 Å². The van der Waals surface area contributed by atoms with Crippen molar-refractivity contribution in [3.8, 4) is 5.69 Å². The monoisotopic (exact) mass is 355 g/mol. The highest BCUT2D eigenvalue weighted by atomic mass is 15.0. The van der Waals surface area contributed by atoms with E-state index in [1.807, 2.05) is 0 Å². The fourth-order valence-corrected chi connectivity index (χ4v) is 4.32. The Morgan fingerprint density at radius 3 is 1.85 bits per heavy atom. The standard InChI is InChI=1S/C26H29N/c1-25(2,3)20-16-17-22-23(24(20)26(4,5)6)19-14-10-11-15-21(19)27(22)18-12-8-7-9-13-18/h7-17H,1-6H3. The molecule has 4 rings (SSSR count). The van der Waals surface area contributed by atoms with Crippen LogP contribution in [0.5, 0.6) is 0 Å². The molecule has 0 aliphatic rings. The van der Waals surface area contributed by atoms with Crippen LogP contribution in [0.15, 0.2) is 66.7 Å². The molecule has 0 amide bonds. The molecule has 0 aliphatic heterocycles. The molecule has 0 saturated heterocycles. The molecule has 0 unspecified atom stereocenters. The van der Waals surface area contributed by atoms with Gasteiger partial charge >= 0.3 is 0 Å². The maximum Gasteiger partial charge on any atom is 0.0544 e. The number of rotatable bonds is 1. The van der Waals surface area contributed by atoms with Crippen LogP contribution >= 0.6 is 0 Å². The molecule has 0 bridgehead atoms. The lowest BCUT2D eigenvalue weighted by Crippen LogP contribution is -2.22. The number of hydrogen-bond acceptors (Lipinski definition) is 0. The summed E-state index contributed by atoms with van der Waals surface area (Å²) >= 11 is 0. The maximum atomic E-state index is 2.41. The van der Waals surface area contributed by atoms with Crippen LogP contribution in [-0.4, -0.2) is 4.57 Å². The molecule has 0 saturated carbocycles. The van der Waals surface area contributed by atoms with Crippen molar-refractivity contribution in [3.05, 3.63) is 77.9 Å². The number of para-hydroxylation sites is 2. The van der Waals surface area contributed by atoms with Gasteiger partial charge in [-0.05, 0) is 46.2 Å². The Morgan fingerprint density at radius 1 is 0.593 bits per heavy atom. The number of fused-ring (bicyclic) bond motifs is 3. The van der Waals surface area contributed by atoms with Crippen molar-refractivity contribution in [1.29, 1.82) is 0 Å². The van der Waals surface area contributed by atoms with E-state index in [1.165, 1.54) is 38.6 Å². The van der Waals surface area contributed by atoms with E-state index in [1.54, 1.807) is 0 Å². The molecule has 3 aromatic carbocycles. The minimum absolute atomic E-state index is 0.0633. The number of benzene rings is 3. The second kappa shape index (κ2) is 5.99. The lowest BCUT2D eigenvalue weighted by atomic mass is 9.73. The molecule has 0 atom stereocenters. The van der Waals surface area contributed by atoms with E-state index < -0.39 is 0 Å². The Bertz CT molecular complexity index is 1120. The van der Waals surface area contributed by atoms with Crippen LogP contribution in [0.3, 0.4) is 0 Å². The first-order chi connectivity index (χ1) is 12.7. The van der Waals surface area contributed by atoms with Crippen molar-refractivity contribution in [2.75, 3.05) is 0 Å². The highest BCUT2D eigenvalue weighted by molar-refractivity contribution is 6.11. The highest BCUT2D eigenvalue weighted by Gasteiger charge is 2.29. The molecule has 27 heavy (non-hydrogen) atoms. The molecule has 0 spiro atoms. The van der Waals surface area contributed by atoms with Gasteiger partial charge in [0.05, 0.1) is 11.0 Å². The van der Waals surface area contributed by atoms with Crippen LogP contribution in [0, 0.1) is 0 Å². The van der Waals surface area contributed by atoms with E-state index in [-0.39, 0.29) is 10.8 Å². The Morgan fingerprint density at radius 2 is 1.22 bits per heavy atom. The van der Waals surface area contributed by atoms with Gasteiger partial charge in [0, 0.05) is 16.5 Å². The summed E-state index contributed by atoms with van der Waals surface area (Å²) < 4.78 is 2.41. The van der Waals surface area contributed by atoms with Crippen LogP contribution in [0.1, 0.15) is 52.7 Å². The van der Waals surface area contributed by atoms with Crippen molar-refractivity contribution in [3.63, 3.8) is 0 Å². The SMILES string of the molecule is CC(C)(C)c1ccc2c(c1C(C)(C)C)c1ccccc1n2-c1ccccc1. The largest absolute Gasteiger partial charge is 0.309 e. The second-order valence-corrected chi connectivity index (χ2v) is 9.57. The molecule has 0 radical (unpaired) electrons. The first-order valence-corrected chi connectivity index (χ1v) is 9.82. The van der Waals surface area contributed by atoms with Crippen molar-refractivity contribution in [1.82, 2.24) is 4.57 Å². The third-order valence-corrected chi connectivity index (χ3v) is 5.41. The number of hydrogen-bond donors (Lipinski definition) is 0. The van der Waals surface area contributed by atoms with Crippen molar-refractivity contribution < 1.29 is 0 Å². The van der Waals surface area contributed by atoms with Crippen molar-refractivity contribution in [2.45, 2.75) is 52.4 Å². The van der Waals surface area contributed by atoms with Gasteiger partial charge in [-0.1, -0.05) is 84.0 Å².